The highest BCUT2D eigenvalue weighted by Crippen LogP contribution is 2.33. The van der Waals surface area contributed by atoms with Gasteiger partial charge in [-0.05, 0) is 36.4 Å². The average Bonchev–Trinajstić information content (AvgIpc) is 3.03. The molecule has 0 spiro atoms. The number of benzene rings is 1. The van der Waals surface area contributed by atoms with E-state index in [1.165, 1.54) is 4.90 Å². The molecule has 1 aliphatic heterocycles. The van der Waals surface area contributed by atoms with Gasteiger partial charge in [0.1, 0.15) is 5.75 Å². The number of hydrogen-bond donors (Lipinski definition) is 1. The molecule has 24 heavy (non-hydrogen) atoms. The molecule has 2 aromatic heterocycles. The minimum Gasteiger partial charge on any atom is -0.482 e. The molecule has 1 aliphatic rings. The van der Waals surface area contributed by atoms with Crippen LogP contribution in [0.4, 0.5) is 11.4 Å². The van der Waals surface area contributed by atoms with E-state index < -0.39 is 0 Å². The second-order valence-corrected chi connectivity index (χ2v) is 5.64. The Labute approximate surface area is 138 Å². The minimum absolute atomic E-state index is 0.0343. The molecule has 0 saturated heterocycles. The lowest BCUT2D eigenvalue weighted by Crippen LogP contribution is -2.35. The Kier molecular flexibility index (Phi) is 3.23. The van der Waals surface area contributed by atoms with E-state index in [0.717, 1.165) is 5.52 Å². The van der Waals surface area contributed by atoms with Gasteiger partial charge in [-0.15, -0.1) is 0 Å². The van der Waals surface area contributed by atoms with Crippen molar-refractivity contribution in [3.05, 3.63) is 60.4 Å². The van der Waals surface area contributed by atoms with Crippen molar-refractivity contribution in [3.8, 4) is 5.75 Å². The first-order valence-electron chi connectivity index (χ1n) is 7.53. The van der Waals surface area contributed by atoms with E-state index >= 15 is 0 Å². The molecule has 0 bridgehead atoms. The first kappa shape index (κ1) is 14.3. The summed E-state index contributed by atoms with van der Waals surface area (Å²) in [4.78, 5) is 25.7. The Morgan fingerprint density at radius 2 is 2.08 bits per heavy atom. The van der Waals surface area contributed by atoms with Crippen molar-refractivity contribution in [2.24, 2.45) is 0 Å². The Hall–Kier alpha value is -3.28. The molecule has 120 valence electrons. The molecule has 4 rings (SSSR count). The van der Waals surface area contributed by atoms with Crippen molar-refractivity contribution in [3.63, 3.8) is 0 Å². The topological polar surface area (TPSA) is 63.0 Å². The Morgan fingerprint density at radius 1 is 1.21 bits per heavy atom. The summed E-state index contributed by atoms with van der Waals surface area (Å²) in [5.74, 6) is 0.304. The number of ether oxygens (including phenoxy) is 1. The fourth-order valence-electron chi connectivity index (χ4n) is 2.73. The van der Waals surface area contributed by atoms with E-state index in [-0.39, 0.29) is 18.4 Å². The van der Waals surface area contributed by atoms with Gasteiger partial charge < -0.3 is 19.4 Å². The predicted octanol–water partition coefficient (Wildman–Crippen LogP) is 2.55. The van der Waals surface area contributed by atoms with E-state index in [0.29, 0.717) is 22.7 Å². The van der Waals surface area contributed by atoms with Crippen LogP contribution < -0.4 is 15.0 Å². The highest BCUT2D eigenvalue weighted by molar-refractivity contribution is 6.06. The summed E-state index contributed by atoms with van der Waals surface area (Å²) in [5.41, 5.74) is 2.77. The van der Waals surface area contributed by atoms with E-state index in [1.54, 1.807) is 31.4 Å². The van der Waals surface area contributed by atoms with Crippen LogP contribution in [0.3, 0.4) is 0 Å². The fraction of sp³-hybridized carbons (Fsp3) is 0.111. The van der Waals surface area contributed by atoms with Crippen LogP contribution in [0.2, 0.25) is 0 Å². The molecule has 0 fully saturated rings. The summed E-state index contributed by atoms with van der Waals surface area (Å²) in [7, 11) is 1.69. The van der Waals surface area contributed by atoms with Crippen molar-refractivity contribution < 1.29 is 14.3 Å². The number of aromatic nitrogens is 1. The summed E-state index contributed by atoms with van der Waals surface area (Å²) in [6.45, 7) is 0.0343. The van der Waals surface area contributed by atoms with Gasteiger partial charge in [0.15, 0.2) is 6.61 Å². The van der Waals surface area contributed by atoms with Gasteiger partial charge in [0.25, 0.3) is 11.8 Å². The number of likely N-dealkylation sites (N-methyl/N-ethyl adjacent to an activating group) is 1. The monoisotopic (exact) mass is 321 g/mol. The molecule has 0 atom stereocenters. The quantitative estimate of drug-likeness (QED) is 0.789. The molecule has 0 unspecified atom stereocenters. The van der Waals surface area contributed by atoms with E-state index in [4.69, 9.17) is 4.74 Å². The van der Waals surface area contributed by atoms with Gasteiger partial charge in [0.2, 0.25) is 0 Å². The lowest BCUT2D eigenvalue weighted by atomic mass is 10.2. The lowest BCUT2D eigenvalue weighted by molar-refractivity contribution is -0.120. The summed E-state index contributed by atoms with van der Waals surface area (Å²) in [5, 5.41) is 2.86. The molecular weight excluding hydrogens is 306 g/mol. The van der Waals surface area contributed by atoms with Crippen LogP contribution >= 0.6 is 0 Å². The lowest BCUT2D eigenvalue weighted by Gasteiger charge is -2.26. The van der Waals surface area contributed by atoms with Crippen LogP contribution in [0.5, 0.6) is 5.75 Å². The molecule has 6 heteroatoms. The number of nitrogens with zero attached hydrogens (tertiary/aromatic N) is 2. The summed E-state index contributed by atoms with van der Waals surface area (Å²) in [6.07, 6.45) is 3.67. The smallest absolute Gasteiger partial charge is 0.264 e. The van der Waals surface area contributed by atoms with Crippen molar-refractivity contribution >= 4 is 28.7 Å². The summed E-state index contributed by atoms with van der Waals surface area (Å²) in [6, 6.07) is 12.8. The molecule has 6 nitrogen and oxygen atoms in total. The van der Waals surface area contributed by atoms with E-state index in [2.05, 4.69) is 5.32 Å². The van der Waals surface area contributed by atoms with Crippen molar-refractivity contribution in [2.75, 3.05) is 23.9 Å². The molecule has 0 radical (unpaired) electrons. The standard InChI is InChI=1S/C18H15N3O3/c1-20-15-9-13(5-6-16(15)24-11-17(20)22)19-18(23)12-8-14-4-2-3-7-21(14)10-12/h2-10H,11H2,1H3,(H,19,23). The number of hydrogen-bond acceptors (Lipinski definition) is 3. The Balaban J connectivity index is 1.61. The first-order chi connectivity index (χ1) is 11.6. The Morgan fingerprint density at radius 3 is 2.92 bits per heavy atom. The van der Waals surface area contributed by atoms with Gasteiger partial charge in [0, 0.05) is 30.6 Å². The molecular formula is C18H15N3O3. The third-order valence-electron chi connectivity index (χ3n) is 4.07. The third kappa shape index (κ3) is 2.38. The molecule has 1 aromatic carbocycles. The second-order valence-electron chi connectivity index (χ2n) is 5.64. The predicted molar refractivity (Wildman–Crippen MR) is 90.7 cm³/mol. The SMILES string of the molecule is CN1C(=O)COc2ccc(NC(=O)c3cc4ccccn4c3)cc21. The fourth-order valence-corrected chi connectivity index (χ4v) is 2.73. The number of pyridine rings is 1. The summed E-state index contributed by atoms with van der Waals surface area (Å²) >= 11 is 0. The normalized spacial score (nSPS) is 13.5. The van der Waals surface area contributed by atoms with Crippen LogP contribution in [0.1, 0.15) is 10.4 Å². The second kappa shape index (κ2) is 5.42. The van der Waals surface area contributed by atoms with Crippen molar-refractivity contribution in [1.82, 2.24) is 4.40 Å². The highest BCUT2D eigenvalue weighted by atomic mass is 16.5. The number of carbonyl (C=O) groups is 2. The number of amides is 2. The van der Waals surface area contributed by atoms with Gasteiger partial charge in [0.05, 0.1) is 11.3 Å². The maximum Gasteiger partial charge on any atom is 0.264 e. The van der Waals surface area contributed by atoms with Crippen molar-refractivity contribution in [1.29, 1.82) is 0 Å². The number of nitrogens with one attached hydrogen (secondary N) is 1. The van der Waals surface area contributed by atoms with Gasteiger partial charge >= 0.3 is 0 Å². The molecule has 1 N–H and O–H groups in total. The van der Waals surface area contributed by atoms with Crippen LogP contribution in [-0.2, 0) is 4.79 Å². The Bertz CT molecular complexity index is 928. The largest absolute Gasteiger partial charge is 0.482 e. The third-order valence-corrected chi connectivity index (χ3v) is 4.07. The number of fused-ring (bicyclic) bond motifs is 2. The number of rotatable bonds is 2. The van der Waals surface area contributed by atoms with Crippen LogP contribution in [-0.4, -0.2) is 29.9 Å². The molecule has 0 aliphatic carbocycles. The number of anilines is 2. The van der Waals surface area contributed by atoms with E-state index in [1.807, 2.05) is 34.9 Å². The van der Waals surface area contributed by atoms with Crippen LogP contribution in [0.25, 0.3) is 5.52 Å². The maximum atomic E-state index is 12.5. The van der Waals surface area contributed by atoms with Crippen LogP contribution in [0.15, 0.2) is 54.9 Å². The molecule has 3 aromatic rings. The van der Waals surface area contributed by atoms with Crippen molar-refractivity contribution in [2.45, 2.75) is 0 Å². The van der Waals surface area contributed by atoms with Gasteiger partial charge in [-0.25, -0.2) is 0 Å². The zero-order chi connectivity index (χ0) is 16.7. The molecule has 2 amide bonds. The number of carbonyl (C=O) groups excluding carboxylic acids is 2. The van der Waals surface area contributed by atoms with Crippen LogP contribution in [0, 0.1) is 0 Å². The zero-order valence-electron chi connectivity index (χ0n) is 13.0. The molecule has 0 saturated carbocycles. The maximum absolute atomic E-state index is 12.5. The zero-order valence-corrected chi connectivity index (χ0v) is 13.0. The average molecular weight is 321 g/mol. The molecule has 3 heterocycles. The van der Waals surface area contributed by atoms with Gasteiger partial charge in [-0.1, -0.05) is 6.07 Å². The van der Waals surface area contributed by atoms with Gasteiger partial charge in [-0.2, -0.15) is 0 Å². The first-order valence-corrected chi connectivity index (χ1v) is 7.53. The highest BCUT2D eigenvalue weighted by Gasteiger charge is 2.22. The summed E-state index contributed by atoms with van der Waals surface area (Å²) < 4.78 is 7.27. The minimum atomic E-state index is -0.204. The van der Waals surface area contributed by atoms with Gasteiger partial charge in [-0.3, -0.25) is 9.59 Å². The van der Waals surface area contributed by atoms with E-state index in [9.17, 15) is 9.59 Å².